The monoisotopic (exact) mass is 436 g/mol. The second-order valence-corrected chi connectivity index (χ2v) is 8.52. The lowest BCUT2D eigenvalue weighted by Gasteiger charge is -2.36. The molecule has 0 saturated heterocycles. The zero-order valence-electron chi connectivity index (χ0n) is 18.6. The summed E-state index contributed by atoms with van der Waals surface area (Å²) in [6.07, 6.45) is 2.75. The molecule has 166 valence electrons. The number of aromatic nitrogens is 1. The van der Waals surface area contributed by atoms with Crippen molar-refractivity contribution in [2.24, 2.45) is 0 Å². The molecule has 1 aliphatic rings. The van der Waals surface area contributed by atoms with Crippen molar-refractivity contribution in [3.63, 3.8) is 0 Å². The fourth-order valence-corrected chi connectivity index (χ4v) is 4.52. The quantitative estimate of drug-likeness (QED) is 0.430. The zero-order valence-corrected chi connectivity index (χ0v) is 18.6. The number of hydrogen-bond acceptors (Lipinski definition) is 4. The third kappa shape index (κ3) is 4.98. The molecule has 0 aliphatic carbocycles. The van der Waals surface area contributed by atoms with E-state index < -0.39 is 0 Å². The minimum Gasteiger partial charge on any atom is -0.492 e. The zero-order chi connectivity index (χ0) is 22.5. The molecule has 1 unspecified atom stereocenters. The highest BCUT2D eigenvalue weighted by atomic mass is 16.5. The highest BCUT2D eigenvalue weighted by Gasteiger charge is 2.28. The molecule has 4 nitrogen and oxygen atoms in total. The van der Waals surface area contributed by atoms with E-state index in [0.717, 1.165) is 36.4 Å². The Kier molecular flexibility index (Phi) is 6.47. The van der Waals surface area contributed by atoms with Gasteiger partial charge in [0.2, 0.25) is 0 Å². The van der Waals surface area contributed by atoms with Crippen LogP contribution in [0.15, 0.2) is 97.2 Å². The Balaban J connectivity index is 1.45. The van der Waals surface area contributed by atoms with Gasteiger partial charge in [-0.1, -0.05) is 78.9 Å². The van der Waals surface area contributed by atoms with E-state index in [2.05, 4.69) is 82.7 Å². The molecule has 1 N–H and O–H groups in total. The smallest absolute Gasteiger partial charge is 0.123 e. The number of aliphatic hydroxyl groups excluding tert-OH is 1. The molecule has 1 aliphatic heterocycles. The van der Waals surface area contributed by atoms with E-state index in [0.29, 0.717) is 12.3 Å². The molecule has 0 saturated carbocycles. The van der Waals surface area contributed by atoms with E-state index in [1.807, 2.05) is 24.4 Å². The van der Waals surface area contributed by atoms with Crippen LogP contribution in [0.2, 0.25) is 0 Å². The molecule has 0 fully saturated rings. The van der Waals surface area contributed by atoms with Crippen LogP contribution in [0.25, 0.3) is 11.1 Å². The van der Waals surface area contributed by atoms with Gasteiger partial charge in [0.05, 0.1) is 12.3 Å². The van der Waals surface area contributed by atoms with Crippen molar-refractivity contribution in [2.45, 2.75) is 32.2 Å². The van der Waals surface area contributed by atoms with Gasteiger partial charge in [-0.25, -0.2) is 0 Å². The molecule has 0 radical (unpaired) electrons. The molecule has 0 bridgehead atoms. The molecular formula is C29H28N2O2. The lowest BCUT2D eigenvalue weighted by atomic mass is 9.92. The maximum Gasteiger partial charge on any atom is 0.123 e. The molecule has 5 rings (SSSR count). The van der Waals surface area contributed by atoms with Gasteiger partial charge in [0.25, 0.3) is 0 Å². The second kappa shape index (κ2) is 9.99. The Labute approximate surface area is 195 Å². The van der Waals surface area contributed by atoms with E-state index in [4.69, 9.17) is 4.74 Å². The molecule has 0 amide bonds. The van der Waals surface area contributed by atoms with Crippen LogP contribution in [-0.2, 0) is 26.1 Å². The van der Waals surface area contributed by atoms with Crippen molar-refractivity contribution >= 4 is 0 Å². The third-order valence-electron chi connectivity index (χ3n) is 6.28. The summed E-state index contributed by atoms with van der Waals surface area (Å²) < 4.78 is 6.30. The summed E-state index contributed by atoms with van der Waals surface area (Å²) in [6.45, 7) is 2.35. The summed E-state index contributed by atoms with van der Waals surface area (Å²) in [5, 5.41) is 9.34. The van der Waals surface area contributed by atoms with Gasteiger partial charge in [-0.3, -0.25) is 9.88 Å². The highest BCUT2D eigenvalue weighted by Crippen LogP contribution is 2.35. The van der Waals surface area contributed by atoms with Crippen molar-refractivity contribution < 1.29 is 9.84 Å². The van der Waals surface area contributed by atoms with Crippen LogP contribution in [0.4, 0.5) is 0 Å². The van der Waals surface area contributed by atoms with Crippen LogP contribution in [0, 0.1) is 0 Å². The van der Waals surface area contributed by atoms with Crippen molar-refractivity contribution in [3.05, 3.63) is 120 Å². The summed E-state index contributed by atoms with van der Waals surface area (Å²) in [7, 11) is 0. The SMILES string of the molecule is OCc1ccc(-c2cccc3c2CC(N(Cc2ccccc2)Cc2ccccc2)CO3)cn1. The van der Waals surface area contributed by atoms with Crippen molar-refractivity contribution in [1.29, 1.82) is 0 Å². The number of pyridine rings is 1. The molecule has 2 heterocycles. The number of ether oxygens (including phenoxy) is 1. The van der Waals surface area contributed by atoms with Gasteiger partial charge in [-0.05, 0) is 35.2 Å². The number of aliphatic hydroxyl groups is 1. The van der Waals surface area contributed by atoms with Crippen LogP contribution in [0.3, 0.4) is 0 Å². The van der Waals surface area contributed by atoms with Crippen LogP contribution >= 0.6 is 0 Å². The number of fused-ring (bicyclic) bond motifs is 1. The van der Waals surface area contributed by atoms with Gasteiger partial charge >= 0.3 is 0 Å². The molecule has 4 heteroatoms. The molecule has 33 heavy (non-hydrogen) atoms. The Morgan fingerprint density at radius 3 is 2.12 bits per heavy atom. The maximum atomic E-state index is 9.34. The first kappa shape index (κ1) is 21.4. The summed E-state index contributed by atoms with van der Waals surface area (Å²) in [5.41, 5.74) is 6.69. The van der Waals surface area contributed by atoms with Crippen LogP contribution in [0.1, 0.15) is 22.4 Å². The van der Waals surface area contributed by atoms with Gasteiger partial charge in [0.15, 0.2) is 0 Å². The minimum atomic E-state index is -0.0493. The van der Waals surface area contributed by atoms with Gasteiger partial charge in [-0.2, -0.15) is 0 Å². The van der Waals surface area contributed by atoms with E-state index in [1.54, 1.807) is 0 Å². The Bertz CT molecular complexity index is 1140. The summed E-state index contributed by atoms with van der Waals surface area (Å²) in [6, 6.07) is 31.7. The third-order valence-corrected chi connectivity index (χ3v) is 6.28. The summed E-state index contributed by atoms with van der Waals surface area (Å²) in [4.78, 5) is 6.91. The standard InChI is InChI=1S/C29H28N2O2/c32-20-25-15-14-24(17-30-25)27-12-7-13-29-28(27)16-26(21-33-29)31(18-22-8-3-1-4-9-22)19-23-10-5-2-6-11-23/h1-15,17,26,32H,16,18-21H2. The number of rotatable bonds is 7. The second-order valence-electron chi connectivity index (χ2n) is 8.52. The maximum absolute atomic E-state index is 9.34. The molecule has 3 aromatic carbocycles. The van der Waals surface area contributed by atoms with Crippen molar-refractivity contribution in [2.75, 3.05) is 6.61 Å². The average Bonchev–Trinajstić information content (AvgIpc) is 2.89. The van der Waals surface area contributed by atoms with Gasteiger partial charge in [-0.15, -0.1) is 0 Å². The summed E-state index contributed by atoms with van der Waals surface area (Å²) in [5.74, 6) is 0.953. The molecular weight excluding hydrogens is 408 g/mol. The first-order valence-electron chi connectivity index (χ1n) is 11.4. The van der Waals surface area contributed by atoms with E-state index in [9.17, 15) is 5.11 Å². The first-order valence-corrected chi connectivity index (χ1v) is 11.4. The molecule has 1 aromatic heterocycles. The lowest BCUT2D eigenvalue weighted by Crippen LogP contribution is -2.42. The first-order chi connectivity index (χ1) is 16.3. The van der Waals surface area contributed by atoms with Crippen LogP contribution < -0.4 is 4.74 Å². The molecule has 1 atom stereocenters. The largest absolute Gasteiger partial charge is 0.492 e. The van der Waals surface area contributed by atoms with Gasteiger partial charge in [0.1, 0.15) is 12.4 Å². The summed E-state index contributed by atoms with van der Waals surface area (Å²) >= 11 is 0. The van der Waals surface area contributed by atoms with Crippen LogP contribution in [0.5, 0.6) is 5.75 Å². The minimum absolute atomic E-state index is 0.0493. The Morgan fingerprint density at radius 1 is 0.818 bits per heavy atom. The highest BCUT2D eigenvalue weighted by molar-refractivity contribution is 5.70. The van der Waals surface area contributed by atoms with Crippen molar-refractivity contribution in [1.82, 2.24) is 9.88 Å². The normalized spacial score (nSPS) is 15.2. The van der Waals surface area contributed by atoms with Crippen molar-refractivity contribution in [3.8, 4) is 16.9 Å². The van der Waals surface area contributed by atoms with E-state index >= 15 is 0 Å². The van der Waals surface area contributed by atoms with Gasteiger partial charge < -0.3 is 9.84 Å². The number of benzene rings is 3. The molecule has 0 spiro atoms. The predicted molar refractivity (Wildman–Crippen MR) is 131 cm³/mol. The number of hydrogen-bond donors (Lipinski definition) is 1. The topological polar surface area (TPSA) is 45.6 Å². The lowest BCUT2D eigenvalue weighted by molar-refractivity contribution is 0.106. The predicted octanol–water partition coefficient (Wildman–Crippen LogP) is 5.25. The Morgan fingerprint density at radius 2 is 1.52 bits per heavy atom. The van der Waals surface area contributed by atoms with E-state index in [1.165, 1.54) is 16.7 Å². The number of nitrogens with zero attached hydrogens (tertiary/aromatic N) is 2. The van der Waals surface area contributed by atoms with E-state index in [-0.39, 0.29) is 12.6 Å². The molecule has 4 aromatic rings. The Hall–Kier alpha value is -3.47. The fraction of sp³-hybridized carbons (Fsp3) is 0.207. The van der Waals surface area contributed by atoms with Crippen LogP contribution in [-0.4, -0.2) is 27.6 Å². The fourth-order valence-electron chi connectivity index (χ4n) is 4.52. The average molecular weight is 437 g/mol. The van der Waals surface area contributed by atoms with Gasteiger partial charge in [0, 0.05) is 36.5 Å².